The van der Waals surface area contributed by atoms with Crippen molar-refractivity contribution in [1.29, 1.82) is 0 Å². The molecule has 3 aromatic rings. The Labute approximate surface area is 220 Å². The fraction of sp³-hybridized carbons (Fsp3) is 0.345. The van der Waals surface area contributed by atoms with E-state index in [1.807, 2.05) is 30.3 Å². The number of hydrogen-bond acceptors (Lipinski definition) is 5. The average Bonchev–Trinajstić information content (AvgIpc) is 2.92. The number of benzene rings is 2. The van der Waals surface area contributed by atoms with Crippen molar-refractivity contribution in [3.63, 3.8) is 0 Å². The average molecular weight is 519 g/mol. The van der Waals surface area contributed by atoms with Gasteiger partial charge in [-0.2, -0.15) is 0 Å². The fourth-order valence-electron chi connectivity index (χ4n) is 4.91. The van der Waals surface area contributed by atoms with E-state index in [-0.39, 0.29) is 48.0 Å². The molecule has 1 aromatic heterocycles. The largest absolute Gasteiger partial charge is 0.483 e. The molecule has 0 bridgehead atoms. The number of nitrogens with one attached hydrogen (secondary N) is 2. The standard InChI is InChI=1S/C29H31FN4O4/c1-18(2)21-13-31-24-16-33-15-23(28(36)32-12-19-8-10-22(30)11-9-19)26(35)27(25(33)29(37)34(24)14-21)38-17-20-6-4-3-5-7-20/h3-11,15,18,21,24,31H,12-14,16-17H2,1-2H3,(H,32,36). The highest BCUT2D eigenvalue weighted by atomic mass is 19.1. The molecule has 2 aliphatic rings. The third kappa shape index (κ3) is 5.19. The fourth-order valence-corrected chi connectivity index (χ4v) is 4.91. The molecule has 1 saturated heterocycles. The van der Waals surface area contributed by atoms with Gasteiger partial charge in [-0.1, -0.05) is 56.3 Å². The van der Waals surface area contributed by atoms with Crippen molar-refractivity contribution in [1.82, 2.24) is 20.1 Å². The van der Waals surface area contributed by atoms with Gasteiger partial charge in [-0.3, -0.25) is 19.7 Å². The first-order chi connectivity index (χ1) is 18.3. The van der Waals surface area contributed by atoms with Gasteiger partial charge in [0.15, 0.2) is 11.4 Å². The van der Waals surface area contributed by atoms with E-state index in [4.69, 9.17) is 4.74 Å². The number of nitrogens with zero attached hydrogens (tertiary/aromatic N) is 2. The van der Waals surface area contributed by atoms with Crippen LogP contribution in [0.2, 0.25) is 0 Å². The van der Waals surface area contributed by atoms with E-state index in [1.165, 1.54) is 18.3 Å². The summed E-state index contributed by atoms with van der Waals surface area (Å²) in [6.45, 7) is 6.20. The van der Waals surface area contributed by atoms with Gasteiger partial charge in [0.2, 0.25) is 5.43 Å². The molecule has 2 amide bonds. The maximum Gasteiger partial charge on any atom is 0.275 e. The molecule has 2 N–H and O–H groups in total. The summed E-state index contributed by atoms with van der Waals surface area (Å²) in [5, 5.41) is 6.18. The van der Waals surface area contributed by atoms with Crippen LogP contribution < -0.4 is 20.8 Å². The first-order valence-electron chi connectivity index (χ1n) is 12.8. The highest BCUT2D eigenvalue weighted by molar-refractivity contribution is 5.99. The Morgan fingerprint density at radius 3 is 2.53 bits per heavy atom. The molecule has 3 heterocycles. The molecule has 0 spiro atoms. The highest BCUT2D eigenvalue weighted by Gasteiger charge is 2.40. The molecule has 198 valence electrons. The van der Waals surface area contributed by atoms with E-state index in [9.17, 15) is 18.8 Å². The first kappa shape index (κ1) is 25.7. The number of fused-ring (bicyclic) bond motifs is 2. The molecule has 8 nitrogen and oxygen atoms in total. The first-order valence-corrected chi connectivity index (χ1v) is 12.8. The van der Waals surface area contributed by atoms with Crippen molar-refractivity contribution in [3.05, 3.63) is 99.2 Å². The number of aromatic nitrogens is 1. The number of pyridine rings is 1. The number of halogens is 1. The van der Waals surface area contributed by atoms with Crippen LogP contribution >= 0.6 is 0 Å². The summed E-state index contributed by atoms with van der Waals surface area (Å²) in [5.74, 6) is -0.704. The summed E-state index contributed by atoms with van der Waals surface area (Å²) in [4.78, 5) is 42.2. The molecule has 2 aliphatic heterocycles. The van der Waals surface area contributed by atoms with Crippen molar-refractivity contribution in [3.8, 4) is 5.75 Å². The summed E-state index contributed by atoms with van der Waals surface area (Å²) in [6.07, 6.45) is 1.20. The van der Waals surface area contributed by atoms with E-state index in [2.05, 4.69) is 24.5 Å². The van der Waals surface area contributed by atoms with Gasteiger partial charge < -0.3 is 19.5 Å². The third-order valence-electron chi connectivity index (χ3n) is 7.27. The predicted molar refractivity (Wildman–Crippen MR) is 140 cm³/mol. The Morgan fingerprint density at radius 1 is 1.08 bits per heavy atom. The smallest absolute Gasteiger partial charge is 0.275 e. The summed E-state index contributed by atoms with van der Waals surface area (Å²) < 4.78 is 20.9. The van der Waals surface area contributed by atoms with Crippen LogP contribution in [0, 0.1) is 17.7 Å². The summed E-state index contributed by atoms with van der Waals surface area (Å²) in [6, 6.07) is 15.1. The Morgan fingerprint density at radius 2 is 1.82 bits per heavy atom. The van der Waals surface area contributed by atoms with Crippen molar-refractivity contribution in [2.75, 3.05) is 13.1 Å². The maximum absolute atomic E-state index is 13.7. The van der Waals surface area contributed by atoms with E-state index < -0.39 is 11.3 Å². The van der Waals surface area contributed by atoms with E-state index in [0.29, 0.717) is 30.5 Å². The number of hydrogen-bond donors (Lipinski definition) is 2. The number of rotatable bonds is 7. The van der Waals surface area contributed by atoms with Crippen LogP contribution in [-0.2, 0) is 19.7 Å². The molecular formula is C29H31FN4O4. The Bertz CT molecular complexity index is 1390. The normalized spacial score (nSPS) is 18.6. The topological polar surface area (TPSA) is 92.7 Å². The lowest BCUT2D eigenvalue weighted by Gasteiger charge is -2.45. The lowest BCUT2D eigenvalue weighted by atomic mass is 9.92. The van der Waals surface area contributed by atoms with Crippen molar-refractivity contribution < 1.29 is 18.7 Å². The highest BCUT2D eigenvalue weighted by Crippen LogP contribution is 2.28. The zero-order valence-corrected chi connectivity index (χ0v) is 21.4. The van der Waals surface area contributed by atoms with E-state index in [1.54, 1.807) is 21.6 Å². The van der Waals surface area contributed by atoms with Crippen LogP contribution in [0.1, 0.15) is 45.8 Å². The van der Waals surface area contributed by atoms with Gasteiger partial charge in [0.25, 0.3) is 11.8 Å². The second-order valence-corrected chi connectivity index (χ2v) is 10.2. The van der Waals surface area contributed by atoms with Gasteiger partial charge in [0.1, 0.15) is 24.2 Å². The molecule has 1 fully saturated rings. The van der Waals surface area contributed by atoms with Gasteiger partial charge in [0, 0.05) is 25.8 Å². The molecular weight excluding hydrogens is 487 g/mol. The van der Waals surface area contributed by atoms with Crippen LogP contribution in [0.15, 0.2) is 65.6 Å². The number of ether oxygens (including phenoxy) is 1. The lowest BCUT2D eigenvalue weighted by molar-refractivity contribution is 0.0309. The minimum absolute atomic E-state index is 0.0767. The van der Waals surface area contributed by atoms with Crippen LogP contribution in [0.25, 0.3) is 0 Å². The second-order valence-electron chi connectivity index (χ2n) is 10.2. The molecule has 2 aromatic carbocycles. The third-order valence-corrected chi connectivity index (χ3v) is 7.27. The molecule has 2 unspecified atom stereocenters. The minimum Gasteiger partial charge on any atom is -0.483 e. The van der Waals surface area contributed by atoms with Crippen LogP contribution in [0.5, 0.6) is 5.75 Å². The molecule has 0 radical (unpaired) electrons. The number of carbonyl (C=O) groups excluding carboxylic acids is 2. The van der Waals surface area contributed by atoms with E-state index >= 15 is 0 Å². The number of carbonyl (C=O) groups is 2. The van der Waals surface area contributed by atoms with Gasteiger partial charge in [-0.15, -0.1) is 0 Å². The second kappa shape index (κ2) is 10.8. The minimum atomic E-state index is -0.638. The van der Waals surface area contributed by atoms with Crippen LogP contribution in [0.3, 0.4) is 0 Å². The summed E-state index contributed by atoms with van der Waals surface area (Å²) >= 11 is 0. The SMILES string of the molecule is CC(C)C1CNC2Cn3cc(C(=O)NCc4ccc(F)cc4)c(=O)c(OCc4ccccc4)c3C(=O)N2C1. The zero-order valence-electron chi connectivity index (χ0n) is 21.4. The van der Waals surface area contributed by atoms with Crippen molar-refractivity contribution in [2.24, 2.45) is 11.8 Å². The zero-order chi connectivity index (χ0) is 26.8. The number of amides is 2. The monoisotopic (exact) mass is 518 g/mol. The molecule has 0 aliphatic carbocycles. The summed E-state index contributed by atoms with van der Waals surface area (Å²) in [7, 11) is 0. The van der Waals surface area contributed by atoms with Crippen LogP contribution in [-0.4, -0.2) is 40.5 Å². The molecule has 38 heavy (non-hydrogen) atoms. The van der Waals surface area contributed by atoms with Gasteiger partial charge in [-0.05, 0) is 35.1 Å². The molecule has 2 atom stereocenters. The van der Waals surface area contributed by atoms with E-state index in [0.717, 1.165) is 12.1 Å². The van der Waals surface area contributed by atoms with Gasteiger partial charge in [-0.25, -0.2) is 4.39 Å². The van der Waals surface area contributed by atoms with Gasteiger partial charge >= 0.3 is 0 Å². The summed E-state index contributed by atoms with van der Waals surface area (Å²) in [5.41, 5.74) is 0.924. The van der Waals surface area contributed by atoms with Crippen LogP contribution in [0.4, 0.5) is 4.39 Å². The quantitative estimate of drug-likeness (QED) is 0.501. The van der Waals surface area contributed by atoms with Gasteiger partial charge in [0.05, 0.1) is 6.54 Å². The Kier molecular flexibility index (Phi) is 7.28. The maximum atomic E-state index is 13.7. The molecule has 0 saturated carbocycles. The Balaban J connectivity index is 1.48. The van der Waals surface area contributed by atoms with Crippen molar-refractivity contribution >= 4 is 11.8 Å². The Hall–Kier alpha value is -3.98. The lowest BCUT2D eigenvalue weighted by Crippen LogP contribution is -2.62. The molecule has 9 heteroatoms. The predicted octanol–water partition coefficient (Wildman–Crippen LogP) is 3.15. The molecule has 5 rings (SSSR count). The van der Waals surface area contributed by atoms with Crippen molar-refractivity contribution in [2.45, 2.75) is 39.7 Å².